The van der Waals surface area contributed by atoms with Crippen molar-refractivity contribution < 1.29 is 17.7 Å². The zero-order chi connectivity index (χ0) is 18.9. The van der Waals surface area contributed by atoms with E-state index in [0.29, 0.717) is 28.6 Å². The molecule has 10 heteroatoms. The molecule has 0 aliphatic rings. The first-order chi connectivity index (χ1) is 12.3. The smallest absolute Gasteiger partial charge is 0.329 e. The summed E-state index contributed by atoms with van der Waals surface area (Å²) in [6.45, 7) is 0.294. The van der Waals surface area contributed by atoms with Crippen molar-refractivity contribution in [2.45, 2.75) is 19.1 Å². The highest BCUT2D eigenvalue weighted by Crippen LogP contribution is 2.29. The Labute approximate surface area is 155 Å². The number of hydrogen-bond donors (Lipinski definition) is 0. The Balaban J connectivity index is 1.80. The number of aromatic nitrogens is 3. The monoisotopic (exact) mass is 403 g/mol. The third-order valence-corrected chi connectivity index (χ3v) is 4.30. The SMILES string of the molecule is O=c1cc(-c2noc(C(F)(F)F)n2)ccn1CCc1c(Cl)cccc1Cl. The second-order valence-electron chi connectivity index (χ2n) is 5.32. The summed E-state index contributed by atoms with van der Waals surface area (Å²) < 4.78 is 43.1. The molecule has 0 amide bonds. The average molecular weight is 404 g/mol. The van der Waals surface area contributed by atoms with E-state index in [-0.39, 0.29) is 11.4 Å². The molecule has 3 rings (SSSR count). The van der Waals surface area contributed by atoms with Gasteiger partial charge in [-0.05, 0) is 30.2 Å². The molecule has 136 valence electrons. The van der Waals surface area contributed by atoms with Crippen molar-refractivity contribution >= 4 is 23.2 Å². The Kier molecular flexibility index (Phi) is 5.06. The maximum atomic E-state index is 12.5. The number of aryl methyl sites for hydroxylation is 1. The Morgan fingerprint density at radius 3 is 2.42 bits per heavy atom. The Bertz CT molecular complexity index is 979. The van der Waals surface area contributed by atoms with Crippen LogP contribution in [0.1, 0.15) is 11.5 Å². The molecule has 0 N–H and O–H groups in total. The van der Waals surface area contributed by atoms with Crippen molar-refractivity contribution in [3.63, 3.8) is 0 Å². The molecule has 0 radical (unpaired) electrons. The highest BCUT2D eigenvalue weighted by Gasteiger charge is 2.38. The van der Waals surface area contributed by atoms with Crippen LogP contribution in [0, 0.1) is 0 Å². The normalized spacial score (nSPS) is 11.7. The van der Waals surface area contributed by atoms with Crippen LogP contribution in [0.25, 0.3) is 11.4 Å². The van der Waals surface area contributed by atoms with E-state index < -0.39 is 17.6 Å². The van der Waals surface area contributed by atoms with Crippen LogP contribution in [0.2, 0.25) is 10.0 Å². The predicted molar refractivity (Wildman–Crippen MR) is 89.2 cm³/mol. The lowest BCUT2D eigenvalue weighted by molar-refractivity contribution is -0.159. The molecule has 3 aromatic rings. The van der Waals surface area contributed by atoms with Gasteiger partial charge in [-0.15, -0.1) is 0 Å². The van der Waals surface area contributed by atoms with Crippen molar-refractivity contribution in [2.24, 2.45) is 0 Å². The Morgan fingerprint density at radius 2 is 1.85 bits per heavy atom. The zero-order valence-electron chi connectivity index (χ0n) is 12.9. The van der Waals surface area contributed by atoms with Gasteiger partial charge in [-0.2, -0.15) is 18.2 Å². The number of rotatable bonds is 4. The topological polar surface area (TPSA) is 60.9 Å². The van der Waals surface area contributed by atoms with Crippen molar-refractivity contribution in [3.05, 3.63) is 68.4 Å². The lowest BCUT2D eigenvalue weighted by atomic mass is 10.1. The summed E-state index contributed by atoms with van der Waals surface area (Å²) in [5.74, 6) is -1.78. The Hall–Kier alpha value is -2.32. The van der Waals surface area contributed by atoms with Crippen LogP contribution in [-0.4, -0.2) is 14.7 Å². The van der Waals surface area contributed by atoms with Gasteiger partial charge in [0.1, 0.15) is 0 Å². The predicted octanol–water partition coefficient (Wildman–Crippen LogP) is 4.47. The fourth-order valence-corrected chi connectivity index (χ4v) is 2.88. The summed E-state index contributed by atoms with van der Waals surface area (Å²) in [7, 11) is 0. The van der Waals surface area contributed by atoms with Gasteiger partial charge in [0.15, 0.2) is 0 Å². The minimum absolute atomic E-state index is 0.126. The minimum atomic E-state index is -4.74. The lowest BCUT2D eigenvalue weighted by Gasteiger charge is -2.09. The van der Waals surface area contributed by atoms with Crippen LogP contribution >= 0.6 is 23.2 Å². The Morgan fingerprint density at radius 1 is 1.15 bits per heavy atom. The summed E-state index contributed by atoms with van der Waals surface area (Å²) in [5.41, 5.74) is 0.408. The number of halogens is 5. The van der Waals surface area contributed by atoms with Crippen molar-refractivity contribution in [2.75, 3.05) is 0 Å². The van der Waals surface area contributed by atoms with Crippen LogP contribution in [0.4, 0.5) is 13.2 Å². The van der Waals surface area contributed by atoms with Gasteiger partial charge in [0, 0.05) is 34.4 Å². The number of alkyl halides is 3. The van der Waals surface area contributed by atoms with Gasteiger partial charge in [-0.1, -0.05) is 34.4 Å². The summed E-state index contributed by atoms with van der Waals surface area (Å²) in [6.07, 6.45) is -2.89. The highest BCUT2D eigenvalue weighted by atomic mass is 35.5. The van der Waals surface area contributed by atoms with Gasteiger partial charge in [0.25, 0.3) is 5.56 Å². The van der Waals surface area contributed by atoms with E-state index in [1.165, 1.54) is 16.8 Å². The molecular formula is C16H10Cl2F3N3O2. The van der Waals surface area contributed by atoms with E-state index in [2.05, 4.69) is 14.7 Å². The van der Waals surface area contributed by atoms with Gasteiger partial charge in [-0.25, -0.2) is 0 Å². The van der Waals surface area contributed by atoms with Crippen molar-refractivity contribution in [1.82, 2.24) is 14.7 Å². The fourth-order valence-electron chi connectivity index (χ4n) is 2.29. The van der Waals surface area contributed by atoms with Gasteiger partial charge < -0.3 is 9.09 Å². The van der Waals surface area contributed by atoms with Crippen LogP contribution < -0.4 is 5.56 Å². The second kappa shape index (κ2) is 7.13. The van der Waals surface area contributed by atoms with E-state index in [0.717, 1.165) is 6.07 Å². The van der Waals surface area contributed by atoms with Gasteiger partial charge in [0.2, 0.25) is 5.82 Å². The minimum Gasteiger partial charge on any atom is -0.329 e. The van der Waals surface area contributed by atoms with E-state index in [1.54, 1.807) is 18.2 Å². The molecule has 0 saturated heterocycles. The van der Waals surface area contributed by atoms with Crippen LogP contribution in [0.5, 0.6) is 0 Å². The van der Waals surface area contributed by atoms with Crippen molar-refractivity contribution in [1.29, 1.82) is 0 Å². The number of hydrogen-bond acceptors (Lipinski definition) is 4. The van der Waals surface area contributed by atoms with Gasteiger partial charge >= 0.3 is 12.1 Å². The second-order valence-corrected chi connectivity index (χ2v) is 6.13. The number of nitrogens with zero attached hydrogens (tertiary/aromatic N) is 3. The van der Waals surface area contributed by atoms with E-state index in [9.17, 15) is 18.0 Å². The van der Waals surface area contributed by atoms with Gasteiger partial charge in [0.05, 0.1) is 0 Å². The number of benzene rings is 1. The first kappa shape index (κ1) is 18.5. The molecule has 0 saturated carbocycles. The maximum Gasteiger partial charge on any atom is 0.471 e. The van der Waals surface area contributed by atoms with E-state index >= 15 is 0 Å². The number of pyridine rings is 1. The lowest BCUT2D eigenvalue weighted by Crippen LogP contribution is -2.20. The molecule has 0 aliphatic carbocycles. The molecule has 0 spiro atoms. The van der Waals surface area contributed by atoms with Crippen LogP contribution in [0.3, 0.4) is 0 Å². The molecule has 0 atom stereocenters. The standard InChI is InChI=1S/C16H10Cl2F3N3O2/c17-11-2-1-3-12(18)10(11)5-7-24-6-4-9(8-13(24)25)14-22-15(26-23-14)16(19,20)21/h1-4,6,8H,5,7H2. The summed E-state index contributed by atoms with van der Waals surface area (Å²) in [4.78, 5) is 15.5. The fraction of sp³-hybridized carbons (Fsp3) is 0.188. The average Bonchev–Trinajstić information content (AvgIpc) is 3.06. The van der Waals surface area contributed by atoms with E-state index in [1.807, 2.05) is 0 Å². The first-order valence-corrected chi connectivity index (χ1v) is 8.06. The first-order valence-electron chi connectivity index (χ1n) is 7.30. The highest BCUT2D eigenvalue weighted by molar-refractivity contribution is 6.35. The zero-order valence-corrected chi connectivity index (χ0v) is 14.4. The third kappa shape index (κ3) is 3.91. The molecule has 26 heavy (non-hydrogen) atoms. The quantitative estimate of drug-likeness (QED) is 0.644. The molecule has 5 nitrogen and oxygen atoms in total. The molecule has 2 aromatic heterocycles. The third-order valence-electron chi connectivity index (χ3n) is 3.59. The van der Waals surface area contributed by atoms with E-state index in [4.69, 9.17) is 23.2 Å². The van der Waals surface area contributed by atoms with Crippen LogP contribution in [-0.2, 0) is 19.1 Å². The molecule has 1 aromatic carbocycles. The van der Waals surface area contributed by atoms with Crippen LogP contribution in [0.15, 0.2) is 45.8 Å². The molecular weight excluding hydrogens is 394 g/mol. The molecule has 0 unspecified atom stereocenters. The largest absolute Gasteiger partial charge is 0.471 e. The molecule has 2 heterocycles. The molecule has 0 fully saturated rings. The van der Waals surface area contributed by atoms with Crippen molar-refractivity contribution in [3.8, 4) is 11.4 Å². The van der Waals surface area contributed by atoms with Gasteiger partial charge in [-0.3, -0.25) is 4.79 Å². The molecule has 0 aliphatic heterocycles. The summed E-state index contributed by atoms with van der Waals surface area (Å²) in [5, 5.41) is 4.24. The summed E-state index contributed by atoms with van der Waals surface area (Å²) in [6, 6.07) is 7.68. The summed E-state index contributed by atoms with van der Waals surface area (Å²) >= 11 is 12.2. The molecule has 0 bridgehead atoms. The maximum absolute atomic E-state index is 12.5.